The molecule has 0 aliphatic rings. The van der Waals surface area contributed by atoms with Gasteiger partial charge in [0.1, 0.15) is 16.8 Å². The van der Waals surface area contributed by atoms with Gasteiger partial charge >= 0.3 is 0 Å². The van der Waals surface area contributed by atoms with E-state index in [0.29, 0.717) is 11.3 Å². The fourth-order valence-corrected chi connectivity index (χ4v) is 4.27. The molecule has 0 spiro atoms. The molecule has 8 heteroatoms. The molecule has 3 aromatic carbocycles. The molecule has 0 saturated carbocycles. The van der Waals surface area contributed by atoms with Crippen molar-refractivity contribution in [2.45, 2.75) is 24.3 Å². The maximum absolute atomic E-state index is 14.1. The lowest BCUT2D eigenvalue weighted by molar-refractivity contribution is -0.117. The first kappa shape index (κ1) is 22.3. The summed E-state index contributed by atoms with van der Waals surface area (Å²) in [6.45, 7) is 1.40. The Labute approximate surface area is 180 Å². The molecule has 1 atom stereocenters. The van der Waals surface area contributed by atoms with Crippen LogP contribution in [0.5, 0.6) is 0 Å². The van der Waals surface area contributed by atoms with E-state index in [1.54, 1.807) is 48.5 Å². The van der Waals surface area contributed by atoms with Crippen molar-refractivity contribution in [1.82, 2.24) is 4.72 Å². The van der Waals surface area contributed by atoms with Gasteiger partial charge in [0.2, 0.25) is 15.9 Å². The summed E-state index contributed by atoms with van der Waals surface area (Å²) < 4.78 is 41.9. The third-order valence-corrected chi connectivity index (χ3v) is 6.06. The van der Waals surface area contributed by atoms with E-state index in [-0.39, 0.29) is 12.2 Å². The molecule has 0 aliphatic heterocycles. The highest BCUT2D eigenvalue weighted by Gasteiger charge is 2.28. The number of halogens is 1. The Morgan fingerprint density at radius 2 is 1.61 bits per heavy atom. The lowest BCUT2D eigenvalue weighted by Crippen LogP contribution is -2.45. The molecule has 1 unspecified atom stereocenters. The molecule has 0 fully saturated rings. The van der Waals surface area contributed by atoms with Gasteiger partial charge in [-0.15, -0.1) is 0 Å². The third-order valence-electron chi connectivity index (χ3n) is 4.56. The number of carbonyl (C=O) groups is 2. The van der Waals surface area contributed by atoms with Crippen LogP contribution in [0, 0.1) is 5.82 Å². The Kier molecular flexibility index (Phi) is 6.94. The second-order valence-electron chi connectivity index (χ2n) is 6.92. The molecule has 0 aliphatic carbocycles. The number of benzene rings is 3. The number of amides is 1. The van der Waals surface area contributed by atoms with E-state index in [0.717, 1.165) is 17.7 Å². The number of nitrogens with one attached hydrogen (secondary N) is 2. The number of sulfonamides is 1. The van der Waals surface area contributed by atoms with E-state index in [4.69, 9.17) is 0 Å². The molecule has 160 valence electrons. The largest absolute Gasteiger partial charge is 0.325 e. The number of Topliss-reactive ketones (excluding diaryl/α,β-unsaturated/α-hetero) is 1. The van der Waals surface area contributed by atoms with Crippen molar-refractivity contribution in [3.05, 3.63) is 95.8 Å². The van der Waals surface area contributed by atoms with Gasteiger partial charge in [0, 0.05) is 11.3 Å². The number of hydrogen-bond acceptors (Lipinski definition) is 4. The molecule has 0 heterocycles. The minimum atomic E-state index is -4.31. The Morgan fingerprint density at radius 3 is 2.29 bits per heavy atom. The standard InChI is InChI=1S/C23H21FN2O4S/c1-16(27)18-10-7-11-19(15-18)25-23(28)21(14-17-8-3-2-4-9-17)26-31(29,30)22-13-6-5-12-20(22)24/h2-13,15,21,26H,14H2,1H3,(H,25,28). The van der Waals surface area contributed by atoms with Crippen LogP contribution in [-0.2, 0) is 21.2 Å². The lowest BCUT2D eigenvalue weighted by Gasteiger charge is -2.19. The quantitative estimate of drug-likeness (QED) is 0.524. The Hall–Kier alpha value is -3.36. The number of rotatable bonds is 8. The lowest BCUT2D eigenvalue weighted by atomic mass is 10.1. The van der Waals surface area contributed by atoms with Crippen LogP contribution >= 0.6 is 0 Å². The van der Waals surface area contributed by atoms with Crippen LogP contribution in [-0.4, -0.2) is 26.2 Å². The summed E-state index contributed by atoms with van der Waals surface area (Å²) in [7, 11) is -4.31. The molecule has 0 bridgehead atoms. The maximum Gasteiger partial charge on any atom is 0.244 e. The van der Waals surface area contributed by atoms with Crippen molar-refractivity contribution in [2.75, 3.05) is 5.32 Å². The van der Waals surface area contributed by atoms with Crippen molar-refractivity contribution in [2.24, 2.45) is 0 Å². The van der Waals surface area contributed by atoms with Gasteiger partial charge in [0.05, 0.1) is 0 Å². The normalized spacial score (nSPS) is 12.2. The van der Waals surface area contributed by atoms with Crippen molar-refractivity contribution in [3.63, 3.8) is 0 Å². The zero-order valence-corrected chi connectivity index (χ0v) is 17.5. The van der Waals surface area contributed by atoms with Crippen molar-refractivity contribution >= 4 is 27.4 Å². The van der Waals surface area contributed by atoms with Gasteiger partial charge in [-0.25, -0.2) is 12.8 Å². The van der Waals surface area contributed by atoms with Crippen LogP contribution < -0.4 is 10.0 Å². The highest BCUT2D eigenvalue weighted by molar-refractivity contribution is 7.89. The maximum atomic E-state index is 14.1. The first-order valence-electron chi connectivity index (χ1n) is 9.49. The third kappa shape index (κ3) is 5.84. The summed E-state index contributed by atoms with van der Waals surface area (Å²) in [6, 6.07) is 18.9. The number of carbonyl (C=O) groups excluding carboxylic acids is 2. The van der Waals surface area contributed by atoms with Crippen LogP contribution in [0.4, 0.5) is 10.1 Å². The van der Waals surface area contributed by atoms with E-state index in [1.807, 2.05) is 0 Å². The molecule has 2 N–H and O–H groups in total. The van der Waals surface area contributed by atoms with Gasteiger partial charge in [-0.05, 0) is 43.2 Å². The average molecular weight is 440 g/mol. The fourth-order valence-electron chi connectivity index (χ4n) is 3.00. The Morgan fingerprint density at radius 1 is 0.935 bits per heavy atom. The summed E-state index contributed by atoms with van der Waals surface area (Å²) in [4.78, 5) is 24.0. The van der Waals surface area contributed by atoms with Crippen LogP contribution in [0.1, 0.15) is 22.8 Å². The number of anilines is 1. The van der Waals surface area contributed by atoms with E-state index in [2.05, 4.69) is 10.0 Å². The van der Waals surface area contributed by atoms with Gasteiger partial charge in [-0.3, -0.25) is 9.59 Å². The smallest absolute Gasteiger partial charge is 0.244 e. The van der Waals surface area contributed by atoms with Crippen molar-refractivity contribution in [1.29, 1.82) is 0 Å². The minimum Gasteiger partial charge on any atom is -0.325 e. The summed E-state index contributed by atoms with van der Waals surface area (Å²) in [5, 5.41) is 2.63. The number of ketones is 1. The first-order chi connectivity index (χ1) is 14.8. The van der Waals surface area contributed by atoms with Crippen LogP contribution in [0.2, 0.25) is 0 Å². The Balaban J connectivity index is 1.89. The van der Waals surface area contributed by atoms with Gasteiger partial charge in [0.15, 0.2) is 5.78 Å². The highest BCUT2D eigenvalue weighted by atomic mass is 32.2. The fraction of sp³-hybridized carbons (Fsp3) is 0.130. The SMILES string of the molecule is CC(=O)c1cccc(NC(=O)C(Cc2ccccc2)NS(=O)(=O)c2ccccc2F)c1. The molecule has 3 aromatic rings. The zero-order valence-electron chi connectivity index (χ0n) is 16.7. The number of hydrogen-bond donors (Lipinski definition) is 2. The molecule has 0 radical (unpaired) electrons. The molecular weight excluding hydrogens is 419 g/mol. The monoisotopic (exact) mass is 440 g/mol. The van der Waals surface area contributed by atoms with Gasteiger partial charge in [-0.2, -0.15) is 4.72 Å². The topological polar surface area (TPSA) is 92.3 Å². The summed E-state index contributed by atoms with van der Waals surface area (Å²) in [6.07, 6.45) is 0.0484. The molecule has 3 rings (SSSR count). The van der Waals surface area contributed by atoms with Crippen molar-refractivity contribution < 1.29 is 22.4 Å². The summed E-state index contributed by atoms with van der Waals surface area (Å²) >= 11 is 0. The van der Waals surface area contributed by atoms with Gasteiger partial charge < -0.3 is 5.32 Å². The van der Waals surface area contributed by atoms with E-state index < -0.39 is 32.7 Å². The van der Waals surface area contributed by atoms with Gasteiger partial charge in [0.25, 0.3) is 0 Å². The first-order valence-corrected chi connectivity index (χ1v) is 11.0. The summed E-state index contributed by atoms with van der Waals surface area (Å²) in [5.74, 6) is -1.72. The van der Waals surface area contributed by atoms with Crippen LogP contribution in [0.3, 0.4) is 0 Å². The average Bonchev–Trinajstić information content (AvgIpc) is 2.74. The van der Waals surface area contributed by atoms with Gasteiger partial charge in [-0.1, -0.05) is 54.6 Å². The minimum absolute atomic E-state index is 0.0484. The summed E-state index contributed by atoms with van der Waals surface area (Å²) in [5.41, 5.74) is 1.47. The second kappa shape index (κ2) is 9.63. The van der Waals surface area contributed by atoms with Crippen molar-refractivity contribution in [3.8, 4) is 0 Å². The molecule has 0 aromatic heterocycles. The van der Waals surface area contributed by atoms with E-state index >= 15 is 0 Å². The molecule has 0 saturated heterocycles. The van der Waals surface area contributed by atoms with Crippen LogP contribution in [0.15, 0.2) is 83.8 Å². The predicted octanol–water partition coefficient (Wildman–Crippen LogP) is 3.56. The molecule has 6 nitrogen and oxygen atoms in total. The molecule has 1 amide bonds. The second-order valence-corrected chi connectivity index (χ2v) is 8.60. The predicted molar refractivity (Wildman–Crippen MR) is 116 cm³/mol. The Bertz CT molecular complexity index is 1200. The molecular formula is C23H21FN2O4S. The van der Waals surface area contributed by atoms with E-state index in [9.17, 15) is 22.4 Å². The van der Waals surface area contributed by atoms with Crippen LogP contribution in [0.25, 0.3) is 0 Å². The highest BCUT2D eigenvalue weighted by Crippen LogP contribution is 2.17. The zero-order chi connectivity index (χ0) is 22.4. The van der Waals surface area contributed by atoms with E-state index in [1.165, 1.54) is 25.1 Å². The molecule has 31 heavy (non-hydrogen) atoms.